The predicted molar refractivity (Wildman–Crippen MR) is 142 cm³/mol. The normalized spacial score (nSPS) is 11.0. The summed E-state index contributed by atoms with van der Waals surface area (Å²) in [5, 5.41) is 12.3. The van der Waals surface area contributed by atoms with E-state index in [4.69, 9.17) is 9.47 Å². The van der Waals surface area contributed by atoms with E-state index in [1.807, 2.05) is 62.4 Å². The third-order valence-electron chi connectivity index (χ3n) is 4.99. The van der Waals surface area contributed by atoms with Gasteiger partial charge in [-0.05, 0) is 117 Å². The summed E-state index contributed by atoms with van der Waals surface area (Å²) >= 11 is 5.78. The molecule has 3 aromatic rings. The molecule has 0 aliphatic carbocycles. The highest BCUT2D eigenvalue weighted by atomic mass is 127. The first-order chi connectivity index (χ1) is 15.8. The van der Waals surface area contributed by atoms with E-state index in [0.29, 0.717) is 33.8 Å². The van der Waals surface area contributed by atoms with E-state index in [-0.39, 0.29) is 5.57 Å². The number of nitrogens with one attached hydrogen (secondary N) is 1. The van der Waals surface area contributed by atoms with Crippen LogP contribution >= 0.6 is 38.5 Å². The Hall–Kier alpha value is -2.83. The first-order valence-electron chi connectivity index (χ1n) is 10.1. The fraction of sp³-hybridized carbons (Fsp3) is 0.154. The monoisotopic (exact) mass is 616 g/mol. The Morgan fingerprint density at radius 1 is 1.12 bits per heavy atom. The molecule has 5 nitrogen and oxygen atoms in total. The summed E-state index contributed by atoms with van der Waals surface area (Å²) in [5.41, 5.74) is 4.47. The van der Waals surface area contributed by atoms with Crippen LogP contribution in [0.4, 0.5) is 5.69 Å². The van der Waals surface area contributed by atoms with E-state index in [0.717, 1.165) is 20.3 Å². The van der Waals surface area contributed by atoms with Crippen molar-refractivity contribution < 1.29 is 14.3 Å². The molecule has 1 N–H and O–H groups in total. The predicted octanol–water partition coefficient (Wildman–Crippen LogP) is 6.80. The molecule has 0 radical (unpaired) electrons. The van der Waals surface area contributed by atoms with E-state index < -0.39 is 5.91 Å². The average Bonchev–Trinajstić information content (AvgIpc) is 2.79. The summed E-state index contributed by atoms with van der Waals surface area (Å²) < 4.78 is 13.3. The lowest BCUT2D eigenvalue weighted by Crippen LogP contribution is -2.13. The minimum atomic E-state index is -0.477. The van der Waals surface area contributed by atoms with E-state index in [9.17, 15) is 10.1 Å². The Labute approximate surface area is 215 Å². The van der Waals surface area contributed by atoms with Crippen molar-refractivity contribution in [3.63, 3.8) is 0 Å². The molecule has 33 heavy (non-hydrogen) atoms. The molecular weight excluding hydrogens is 595 g/mol. The molecule has 1 amide bonds. The summed E-state index contributed by atoms with van der Waals surface area (Å²) in [4.78, 5) is 12.7. The van der Waals surface area contributed by atoms with Gasteiger partial charge in [0, 0.05) is 9.26 Å². The van der Waals surface area contributed by atoms with Crippen molar-refractivity contribution in [1.82, 2.24) is 0 Å². The molecule has 3 rings (SSSR count). The van der Waals surface area contributed by atoms with Gasteiger partial charge in [0.25, 0.3) is 5.91 Å². The molecule has 7 heteroatoms. The van der Waals surface area contributed by atoms with E-state index in [1.54, 1.807) is 19.2 Å². The van der Waals surface area contributed by atoms with Crippen LogP contribution in [0, 0.1) is 28.7 Å². The molecule has 3 aromatic carbocycles. The number of anilines is 1. The van der Waals surface area contributed by atoms with Gasteiger partial charge in [-0.25, -0.2) is 0 Å². The van der Waals surface area contributed by atoms with Crippen molar-refractivity contribution >= 4 is 56.2 Å². The van der Waals surface area contributed by atoms with Gasteiger partial charge in [0.1, 0.15) is 18.2 Å². The van der Waals surface area contributed by atoms with Crippen LogP contribution in [0.15, 0.2) is 64.6 Å². The molecule has 0 fully saturated rings. The van der Waals surface area contributed by atoms with Crippen molar-refractivity contribution in [1.29, 1.82) is 5.26 Å². The lowest BCUT2D eigenvalue weighted by molar-refractivity contribution is -0.112. The van der Waals surface area contributed by atoms with Crippen molar-refractivity contribution in [3.8, 4) is 17.6 Å². The van der Waals surface area contributed by atoms with Gasteiger partial charge in [-0.1, -0.05) is 18.2 Å². The second kappa shape index (κ2) is 11.3. The quantitative estimate of drug-likeness (QED) is 0.180. The van der Waals surface area contributed by atoms with Gasteiger partial charge < -0.3 is 14.8 Å². The molecule has 0 heterocycles. The summed E-state index contributed by atoms with van der Waals surface area (Å²) in [6, 6.07) is 19.2. The summed E-state index contributed by atoms with van der Waals surface area (Å²) in [5.74, 6) is 0.564. The molecule has 0 saturated heterocycles. The number of benzene rings is 3. The number of nitriles is 1. The number of methoxy groups -OCH3 is 1. The van der Waals surface area contributed by atoms with Crippen LogP contribution in [0.2, 0.25) is 0 Å². The third-order valence-corrected chi connectivity index (χ3v) is 6.30. The van der Waals surface area contributed by atoms with Gasteiger partial charge in [-0.2, -0.15) is 5.26 Å². The standard InChI is InChI=1S/C26H22BrIN2O3/c1-16-4-9-22(10-17(16)2)30-26(31)20(14-29)11-19-12-23(27)25(24(13-19)32-3)33-15-18-5-7-21(28)8-6-18/h4-13H,15H2,1-3H3,(H,30,31)/b20-11+. The zero-order valence-corrected chi connectivity index (χ0v) is 22.2. The maximum Gasteiger partial charge on any atom is 0.266 e. The minimum Gasteiger partial charge on any atom is -0.493 e. The molecule has 0 spiro atoms. The fourth-order valence-electron chi connectivity index (χ4n) is 3.03. The van der Waals surface area contributed by atoms with Crippen LogP contribution in [0.1, 0.15) is 22.3 Å². The molecule has 0 saturated carbocycles. The number of carbonyl (C=O) groups is 1. The second-order valence-electron chi connectivity index (χ2n) is 7.37. The molecule has 0 bridgehead atoms. The molecule has 0 aliphatic heterocycles. The van der Waals surface area contributed by atoms with E-state index in [1.165, 1.54) is 6.08 Å². The summed E-state index contributed by atoms with van der Waals surface area (Å²) in [7, 11) is 1.55. The zero-order valence-electron chi connectivity index (χ0n) is 18.4. The maximum atomic E-state index is 12.7. The van der Waals surface area contributed by atoms with E-state index in [2.05, 4.69) is 43.8 Å². The first-order valence-corrected chi connectivity index (χ1v) is 11.9. The van der Waals surface area contributed by atoms with E-state index >= 15 is 0 Å². The Morgan fingerprint density at radius 3 is 2.48 bits per heavy atom. The van der Waals surface area contributed by atoms with Crippen LogP contribution in [-0.4, -0.2) is 13.0 Å². The lowest BCUT2D eigenvalue weighted by atomic mass is 10.1. The Bertz CT molecular complexity index is 1250. The van der Waals surface area contributed by atoms with Crippen LogP contribution < -0.4 is 14.8 Å². The zero-order chi connectivity index (χ0) is 24.0. The number of aryl methyl sites for hydroxylation is 2. The number of nitrogens with zero attached hydrogens (tertiary/aromatic N) is 1. The van der Waals surface area contributed by atoms with Gasteiger partial charge in [0.15, 0.2) is 11.5 Å². The van der Waals surface area contributed by atoms with Crippen LogP contribution in [-0.2, 0) is 11.4 Å². The number of amides is 1. The minimum absolute atomic E-state index is 0.0188. The van der Waals surface area contributed by atoms with Gasteiger partial charge in [-0.15, -0.1) is 0 Å². The number of rotatable bonds is 7. The topological polar surface area (TPSA) is 71.3 Å². The molecule has 0 aliphatic rings. The van der Waals surface area contributed by atoms with Gasteiger partial charge in [-0.3, -0.25) is 4.79 Å². The number of ether oxygens (including phenoxy) is 2. The summed E-state index contributed by atoms with van der Waals surface area (Å²) in [6.07, 6.45) is 1.52. The first kappa shape index (κ1) is 24.8. The highest BCUT2D eigenvalue weighted by Crippen LogP contribution is 2.38. The van der Waals surface area contributed by atoms with Crippen LogP contribution in [0.25, 0.3) is 6.08 Å². The Balaban J connectivity index is 1.81. The highest BCUT2D eigenvalue weighted by Gasteiger charge is 2.14. The molecule has 0 atom stereocenters. The van der Waals surface area contributed by atoms with Gasteiger partial charge in [0.05, 0.1) is 11.6 Å². The molecule has 0 unspecified atom stereocenters. The SMILES string of the molecule is COc1cc(/C=C(\C#N)C(=O)Nc2ccc(C)c(C)c2)cc(Br)c1OCc1ccc(I)cc1. The van der Waals surface area contributed by atoms with Crippen molar-refractivity contribution in [2.24, 2.45) is 0 Å². The van der Waals surface area contributed by atoms with Crippen LogP contribution in [0.3, 0.4) is 0 Å². The number of hydrogen-bond donors (Lipinski definition) is 1. The fourth-order valence-corrected chi connectivity index (χ4v) is 3.97. The lowest BCUT2D eigenvalue weighted by Gasteiger charge is -2.14. The van der Waals surface area contributed by atoms with Gasteiger partial charge in [0.2, 0.25) is 0 Å². The Morgan fingerprint density at radius 2 is 1.85 bits per heavy atom. The van der Waals surface area contributed by atoms with Gasteiger partial charge >= 0.3 is 0 Å². The summed E-state index contributed by atoms with van der Waals surface area (Å²) in [6.45, 7) is 4.35. The number of hydrogen-bond acceptors (Lipinski definition) is 4. The Kier molecular flexibility index (Phi) is 8.53. The van der Waals surface area contributed by atoms with Crippen molar-refractivity contribution in [2.45, 2.75) is 20.5 Å². The second-order valence-corrected chi connectivity index (χ2v) is 9.47. The number of halogens is 2. The largest absolute Gasteiger partial charge is 0.493 e. The van der Waals surface area contributed by atoms with Crippen molar-refractivity contribution in [3.05, 3.63) is 90.5 Å². The van der Waals surface area contributed by atoms with Crippen molar-refractivity contribution in [2.75, 3.05) is 12.4 Å². The smallest absolute Gasteiger partial charge is 0.266 e. The highest BCUT2D eigenvalue weighted by molar-refractivity contribution is 14.1. The number of carbonyl (C=O) groups excluding carboxylic acids is 1. The van der Waals surface area contributed by atoms with Crippen LogP contribution in [0.5, 0.6) is 11.5 Å². The maximum absolute atomic E-state index is 12.7. The molecular formula is C26H22BrIN2O3. The third kappa shape index (κ3) is 6.59. The molecule has 0 aromatic heterocycles. The molecule has 168 valence electrons. The average molecular weight is 617 g/mol.